The lowest BCUT2D eigenvalue weighted by Gasteiger charge is -2.25. The third-order valence-electron chi connectivity index (χ3n) is 8.04. The molecular weight excluding hydrogens is 630 g/mol. The molecule has 0 saturated carbocycles. The maximum absolute atomic E-state index is 13.5. The van der Waals surface area contributed by atoms with E-state index in [0.717, 1.165) is 39.6 Å². The molecule has 0 aliphatic rings. The number of hydrogen-bond acceptors (Lipinski definition) is 8. The maximum Gasteiger partial charge on any atom is 0.328 e. The number of carboxylic acids is 1. The Kier molecular flexibility index (Phi) is 12.4. The van der Waals surface area contributed by atoms with Crippen molar-refractivity contribution in [1.29, 1.82) is 0 Å². The molecule has 4 amide bonds. The van der Waals surface area contributed by atoms with Crippen molar-refractivity contribution in [2.45, 2.75) is 63.1 Å². The molecule has 258 valence electrons. The molecular formula is C36H41N5O8. The van der Waals surface area contributed by atoms with Gasteiger partial charge in [-0.2, -0.15) is 0 Å². The number of aliphatic carboxylic acids is 1. The first kappa shape index (κ1) is 36.5. The maximum atomic E-state index is 13.5. The Bertz CT molecular complexity index is 1830. The molecule has 0 saturated heterocycles. The molecule has 4 rings (SSSR count). The molecule has 0 radical (unpaired) electrons. The minimum absolute atomic E-state index is 0.0708. The average molecular weight is 672 g/mol. The monoisotopic (exact) mass is 671 g/mol. The molecule has 49 heavy (non-hydrogen) atoms. The smallest absolute Gasteiger partial charge is 0.328 e. The minimum atomic E-state index is -1.68. The van der Waals surface area contributed by atoms with Crippen molar-refractivity contribution >= 4 is 51.1 Å². The van der Waals surface area contributed by atoms with E-state index in [4.69, 9.17) is 5.73 Å². The molecule has 0 aromatic heterocycles. The van der Waals surface area contributed by atoms with E-state index in [1.165, 1.54) is 6.92 Å². The van der Waals surface area contributed by atoms with Gasteiger partial charge in [-0.1, -0.05) is 84.9 Å². The number of aliphatic hydroxyl groups is 2. The summed E-state index contributed by atoms with van der Waals surface area (Å²) >= 11 is 0. The summed E-state index contributed by atoms with van der Waals surface area (Å²) in [6, 6.07) is 21.5. The molecule has 0 heterocycles. The van der Waals surface area contributed by atoms with E-state index < -0.39 is 72.5 Å². The average Bonchev–Trinajstić information content (AvgIpc) is 3.07. The van der Waals surface area contributed by atoms with E-state index in [2.05, 4.69) is 21.3 Å². The van der Waals surface area contributed by atoms with Crippen LogP contribution in [0.4, 0.5) is 0 Å². The van der Waals surface area contributed by atoms with Crippen LogP contribution in [0.25, 0.3) is 21.5 Å². The fourth-order valence-corrected chi connectivity index (χ4v) is 5.35. The van der Waals surface area contributed by atoms with Gasteiger partial charge in [-0.05, 0) is 52.9 Å². The highest BCUT2D eigenvalue weighted by atomic mass is 16.4. The lowest BCUT2D eigenvalue weighted by atomic mass is 9.99. The van der Waals surface area contributed by atoms with Gasteiger partial charge in [0.05, 0.1) is 24.8 Å². The van der Waals surface area contributed by atoms with Crippen molar-refractivity contribution < 1.29 is 39.3 Å². The van der Waals surface area contributed by atoms with Crippen molar-refractivity contribution in [3.05, 3.63) is 96.1 Å². The predicted molar refractivity (Wildman–Crippen MR) is 183 cm³/mol. The SMILES string of the molecule is C[C@H](O)[C@@H](NC(=O)[C@H](NC(=O)CNC(=O)[C@@H](Cc1ccc2ccccc2c1)NC(=O)[C@H](N)Cc1ccc2ccccc2c1)[C@H](C)O)C(=O)O. The Morgan fingerprint density at radius 3 is 1.65 bits per heavy atom. The van der Waals surface area contributed by atoms with Crippen molar-refractivity contribution in [2.24, 2.45) is 5.73 Å². The van der Waals surface area contributed by atoms with Crippen LogP contribution in [0, 0.1) is 0 Å². The molecule has 0 aliphatic heterocycles. The molecule has 9 N–H and O–H groups in total. The zero-order valence-corrected chi connectivity index (χ0v) is 27.1. The molecule has 0 aliphatic carbocycles. The van der Waals surface area contributed by atoms with Crippen LogP contribution in [0.1, 0.15) is 25.0 Å². The van der Waals surface area contributed by atoms with E-state index >= 15 is 0 Å². The third kappa shape index (κ3) is 10.1. The summed E-state index contributed by atoms with van der Waals surface area (Å²) in [5.74, 6) is -4.71. The fourth-order valence-electron chi connectivity index (χ4n) is 5.35. The van der Waals surface area contributed by atoms with Gasteiger partial charge < -0.3 is 42.3 Å². The second-order valence-corrected chi connectivity index (χ2v) is 12.0. The van der Waals surface area contributed by atoms with Crippen LogP contribution in [0.2, 0.25) is 0 Å². The highest BCUT2D eigenvalue weighted by Gasteiger charge is 2.32. The zero-order valence-electron chi connectivity index (χ0n) is 27.1. The molecule has 0 spiro atoms. The van der Waals surface area contributed by atoms with E-state index in [1.54, 1.807) is 0 Å². The minimum Gasteiger partial charge on any atom is -0.480 e. The van der Waals surface area contributed by atoms with E-state index in [9.17, 15) is 39.3 Å². The Balaban J connectivity index is 1.45. The zero-order chi connectivity index (χ0) is 35.7. The van der Waals surface area contributed by atoms with Gasteiger partial charge in [0, 0.05) is 6.42 Å². The van der Waals surface area contributed by atoms with Crippen LogP contribution in [-0.2, 0) is 36.8 Å². The number of amides is 4. The van der Waals surface area contributed by atoms with Crippen LogP contribution < -0.4 is 27.0 Å². The quantitative estimate of drug-likeness (QED) is 0.0882. The molecule has 4 aromatic rings. The van der Waals surface area contributed by atoms with Gasteiger partial charge in [0.15, 0.2) is 6.04 Å². The standard InChI is InChI=1S/C36H41N5O8/c1-20(42)31(35(47)41-32(21(2)43)36(48)49)40-30(44)19-38-34(46)29(18-23-12-14-25-8-4-6-10-27(25)16-23)39-33(45)28(37)17-22-11-13-24-7-3-5-9-26(24)15-22/h3-16,20-21,28-29,31-32,42-43H,17-19,37H2,1-2H3,(H,38,46)(H,39,45)(H,40,44)(H,41,47)(H,48,49)/t20-,21-,28+,29+,31+,32+/m0/s1. The van der Waals surface area contributed by atoms with Gasteiger partial charge in [0.2, 0.25) is 23.6 Å². The molecule has 13 nitrogen and oxygen atoms in total. The first-order chi connectivity index (χ1) is 23.3. The summed E-state index contributed by atoms with van der Waals surface area (Å²) in [7, 11) is 0. The van der Waals surface area contributed by atoms with Crippen molar-refractivity contribution in [2.75, 3.05) is 6.54 Å². The lowest BCUT2D eigenvalue weighted by Crippen LogP contribution is -2.59. The topological polar surface area (TPSA) is 220 Å². The normalized spacial score (nSPS) is 14.9. The van der Waals surface area contributed by atoms with Gasteiger partial charge in [-0.15, -0.1) is 0 Å². The number of aliphatic hydroxyl groups excluding tert-OH is 2. The van der Waals surface area contributed by atoms with Crippen molar-refractivity contribution in [3.63, 3.8) is 0 Å². The molecule has 4 aromatic carbocycles. The number of fused-ring (bicyclic) bond motifs is 2. The van der Waals surface area contributed by atoms with Crippen LogP contribution in [0.15, 0.2) is 84.9 Å². The highest BCUT2D eigenvalue weighted by Crippen LogP contribution is 2.18. The Morgan fingerprint density at radius 2 is 1.14 bits per heavy atom. The molecule has 0 unspecified atom stereocenters. The predicted octanol–water partition coefficient (Wildman–Crippen LogP) is 0.522. The van der Waals surface area contributed by atoms with Crippen LogP contribution in [0.3, 0.4) is 0 Å². The summed E-state index contributed by atoms with van der Waals surface area (Å²) < 4.78 is 0. The largest absolute Gasteiger partial charge is 0.480 e. The summed E-state index contributed by atoms with van der Waals surface area (Å²) in [4.78, 5) is 63.6. The fraction of sp³-hybridized carbons (Fsp3) is 0.306. The Labute approximate surface area is 282 Å². The van der Waals surface area contributed by atoms with Crippen LogP contribution in [-0.4, -0.2) is 87.8 Å². The van der Waals surface area contributed by atoms with E-state index in [1.807, 2.05) is 84.9 Å². The number of carbonyl (C=O) groups excluding carboxylic acids is 4. The molecule has 6 atom stereocenters. The van der Waals surface area contributed by atoms with Gasteiger partial charge in [-0.3, -0.25) is 19.2 Å². The number of nitrogens with one attached hydrogen (secondary N) is 4. The van der Waals surface area contributed by atoms with Crippen molar-refractivity contribution in [3.8, 4) is 0 Å². The van der Waals surface area contributed by atoms with E-state index in [0.29, 0.717) is 0 Å². The van der Waals surface area contributed by atoms with Crippen LogP contribution >= 0.6 is 0 Å². The van der Waals surface area contributed by atoms with Gasteiger partial charge in [-0.25, -0.2) is 4.79 Å². The van der Waals surface area contributed by atoms with Gasteiger partial charge in [0.25, 0.3) is 0 Å². The van der Waals surface area contributed by atoms with Crippen LogP contribution in [0.5, 0.6) is 0 Å². The first-order valence-corrected chi connectivity index (χ1v) is 15.8. The van der Waals surface area contributed by atoms with Crippen molar-refractivity contribution in [1.82, 2.24) is 21.3 Å². The number of rotatable bonds is 15. The number of benzene rings is 4. The van der Waals surface area contributed by atoms with E-state index in [-0.39, 0.29) is 12.8 Å². The van der Waals surface area contributed by atoms with Gasteiger partial charge in [0.1, 0.15) is 12.1 Å². The molecule has 13 heteroatoms. The first-order valence-electron chi connectivity index (χ1n) is 15.8. The summed E-state index contributed by atoms with van der Waals surface area (Å²) in [6.45, 7) is 1.73. The number of hydrogen-bond donors (Lipinski definition) is 8. The Morgan fingerprint density at radius 1 is 0.633 bits per heavy atom. The summed E-state index contributed by atoms with van der Waals surface area (Å²) in [6.07, 6.45) is -2.63. The number of carboxylic acid groups (broad SMARTS) is 1. The van der Waals surface area contributed by atoms with Gasteiger partial charge >= 0.3 is 5.97 Å². The second-order valence-electron chi connectivity index (χ2n) is 12.0. The number of carbonyl (C=O) groups is 5. The summed E-state index contributed by atoms with van der Waals surface area (Å²) in [5.41, 5.74) is 7.87. The molecule has 0 fully saturated rings. The summed E-state index contributed by atoms with van der Waals surface area (Å²) in [5, 5.41) is 42.5. The Hall–Kier alpha value is -5.37. The lowest BCUT2D eigenvalue weighted by molar-refractivity contribution is -0.145. The molecule has 0 bridgehead atoms. The highest BCUT2D eigenvalue weighted by molar-refractivity contribution is 5.95. The third-order valence-corrected chi connectivity index (χ3v) is 8.04. The number of nitrogens with two attached hydrogens (primary N) is 1. The second kappa shape index (κ2) is 16.6.